The first-order chi connectivity index (χ1) is 16.4. The van der Waals surface area contributed by atoms with Crippen LogP contribution in [0.25, 0.3) is 5.76 Å². The maximum atomic E-state index is 13.3. The molecule has 0 radical (unpaired) electrons. The summed E-state index contributed by atoms with van der Waals surface area (Å²) in [7, 11) is 3.14. The number of Topliss-reactive ketones (excluding diaryl/α,β-unsaturated/α-hetero) is 1. The number of nitrogens with zero attached hydrogens (tertiary/aromatic N) is 1. The van der Waals surface area contributed by atoms with Gasteiger partial charge in [-0.3, -0.25) is 9.59 Å². The van der Waals surface area contributed by atoms with Gasteiger partial charge in [-0.25, -0.2) is 0 Å². The van der Waals surface area contributed by atoms with Crippen LogP contribution in [0.15, 0.2) is 65.6 Å². The van der Waals surface area contributed by atoms with Gasteiger partial charge in [0.2, 0.25) is 0 Å². The number of hydrogen-bond donors (Lipinski definition) is 1. The standard InChI is InChI=1S/C27H27NO5S/c1-16(2)20-14-17(11-12-22(20)33-4)25(29)23-24(19-9-5-6-10-21(19)32-3)28(27(31)26(23)30)15-18-8-7-13-34-18/h5-14,16,24,29H,15H2,1-4H3/b25-23+. The van der Waals surface area contributed by atoms with Crippen molar-refractivity contribution in [3.63, 3.8) is 0 Å². The van der Waals surface area contributed by atoms with Gasteiger partial charge >= 0.3 is 0 Å². The molecule has 1 aliphatic heterocycles. The van der Waals surface area contributed by atoms with E-state index in [-0.39, 0.29) is 23.8 Å². The van der Waals surface area contributed by atoms with Crippen LogP contribution in [0.3, 0.4) is 0 Å². The molecule has 1 atom stereocenters. The number of amides is 1. The van der Waals surface area contributed by atoms with Crippen LogP contribution in [0, 0.1) is 0 Å². The summed E-state index contributed by atoms with van der Waals surface area (Å²) >= 11 is 1.51. The first kappa shape index (κ1) is 23.6. The van der Waals surface area contributed by atoms with Crippen LogP contribution in [0.4, 0.5) is 0 Å². The van der Waals surface area contributed by atoms with E-state index < -0.39 is 17.7 Å². The molecule has 1 amide bonds. The van der Waals surface area contributed by atoms with Crippen molar-refractivity contribution in [2.45, 2.75) is 32.4 Å². The van der Waals surface area contributed by atoms with E-state index in [9.17, 15) is 14.7 Å². The molecule has 34 heavy (non-hydrogen) atoms. The molecule has 0 bridgehead atoms. The lowest BCUT2D eigenvalue weighted by atomic mass is 9.92. The summed E-state index contributed by atoms with van der Waals surface area (Å²) in [4.78, 5) is 29.0. The fraction of sp³-hybridized carbons (Fsp3) is 0.259. The number of carbonyl (C=O) groups is 2. The Morgan fingerprint density at radius 1 is 1.03 bits per heavy atom. The molecular weight excluding hydrogens is 450 g/mol. The SMILES string of the molecule is COc1ccc(/C(O)=C2\C(=O)C(=O)N(Cc3cccs3)C2c2ccccc2OC)cc1C(C)C. The predicted octanol–water partition coefficient (Wildman–Crippen LogP) is 5.51. The third kappa shape index (κ3) is 4.19. The number of aliphatic hydroxyl groups excluding tert-OH is 1. The number of ether oxygens (including phenoxy) is 2. The van der Waals surface area contributed by atoms with Gasteiger partial charge in [0.15, 0.2) is 0 Å². The molecule has 1 saturated heterocycles. The molecule has 2 heterocycles. The zero-order valence-corrected chi connectivity index (χ0v) is 20.4. The van der Waals surface area contributed by atoms with Gasteiger partial charge in [0, 0.05) is 16.0 Å². The van der Waals surface area contributed by atoms with Crippen LogP contribution in [-0.2, 0) is 16.1 Å². The molecule has 1 aromatic heterocycles. The predicted molar refractivity (Wildman–Crippen MR) is 132 cm³/mol. The molecule has 1 N–H and O–H groups in total. The van der Waals surface area contributed by atoms with Crippen LogP contribution in [0.5, 0.6) is 11.5 Å². The number of para-hydroxylation sites is 1. The highest BCUT2D eigenvalue weighted by molar-refractivity contribution is 7.09. The number of aliphatic hydroxyl groups is 1. The molecule has 4 rings (SSSR count). The molecule has 2 aromatic carbocycles. The van der Waals surface area contributed by atoms with Gasteiger partial charge in [-0.05, 0) is 47.2 Å². The Balaban J connectivity index is 1.92. The molecule has 1 fully saturated rings. The van der Waals surface area contributed by atoms with Crippen LogP contribution < -0.4 is 9.47 Å². The molecule has 1 aliphatic rings. The Kier molecular flexibility index (Phi) is 6.75. The number of methoxy groups -OCH3 is 2. The maximum Gasteiger partial charge on any atom is 0.295 e. The monoisotopic (exact) mass is 477 g/mol. The summed E-state index contributed by atoms with van der Waals surface area (Å²) in [6.45, 7) is 4.30. The van der Waals surface area contributed by atoms with E-state index in [1.165, 1.54) is 16.2 Å². The second kappa shape index (κ2) is 9.73. The fourth-order valence-corrected chi connectivity index (χ4v) is 5.02. The van der Waals surface area contributed by atoms with Crippen molar-refractivity contribution in [2.75, 3.05) is 14.2 Å². The summed E-state index contributed by atoms with van der Waals surface area (Å²) < 4.78 is 11.0. The lowest BCUT2D eigenvalue weighted by Gasteiger charge is -2.26. The summed E-state index contributed by atoms with van der Waals surface area (Å²) in [5.74, 6) is -0.211. The molecule has 0 aliphatic carbocycles. The molecule has 1 unspecified atom stereocenters. The van der Waals surface area contributed by atoms with Crippen molar-refractivity contribution in [2.24, 2.45) is 0 Å². The van der Waals surface area contributed by atoms with Gasteiger partial charge in [0.05, 0.1) is 32.4 Å². The largest absolute Gasteiger partial charge is 0.507 e. The van der Waals surface area contributed by atoms with Gasteiger partial charge in [-0.2, -0.15) is 0 Å². The van der Waals surface area contributed by atoms with Crippen molar-refractivity contribution in [3.8, 4) is 11.5 Å². The Morgan fingerprint density at radius 2 is 1.76 bits per heavy atom. The number of thiophene rings is 1. The highest BCUT2D eigenvalue weighted by Gasteiger charge is 2.47. The number of ketones is 1. The van der Waals surface area contributed by atoms with Gasteiger partial charge in [0.25, 0.3) is 11.7 Å². The summed E-state index contributed by atoms with van der Waals surface area (Å²) in [6, 6.07) is 15.6. The smallest absolute Gasteiger partial charge is 0.295 e. The van der Waals surface area contributed by atoms with E-state index >= 15 is 0 Å². The number of rotatable bonds is 7. The van der Waals surface area contributed by atoms with Crippen molar-refractivity contribution < 1.29 is 24.2 Å². The Labute approximate surface area is 203 Å². The second-order valence-electron chi connectivity index (χ2n) is 8.36. The Morgan fingerprint density at radius 3 is 2.41 bits per heavy atom. The normalized spacial score (nSPS) is 17.4. The van der Waals surface area contributed by atoms with Crippen LogP contribution >= 0.6 is 11.3 Å². The van der Waals surface area contributed by atoms with E-state index in [1.807, 2.05) is 55.6 Å². The Bertz CT molecular complexity index is 1250. The third-order valence-electron chi connectivity index (χ3n) is 6.00. The number of likely N-dealkylation sites (tertiary alicyclic amines) is 1. The molecule has 0 saturated carbocycles. The number of benzene rings is 2. The van der Waals surface area contributed by atoms with E-state index in [1.54, 1.807) is 32.4 Å². The molecule has 7 heteroatoms. The van der Waals surface area contributed by atoms with Crippen molar-refractivity contribution in [1.82, 2.24) is 4.90 Å². The molecular formula is C27H27NO5S. The van der Waals surface area contributed by atoms with E-state index in [0.29, 0.717) is 22.6 Å². The van der Waals surface area contributed by atoms with Crippen LogP contribution in [0.1, 0.15) is 47.4 Å². The molecule has 0 spiro atoms. The van der Waals surface area contributed by atoms with Crippen molar-refractivity contribution in [3.05, 3.63) is 87.1 Å². The van der Waals surface area contributed by atoms with Gasteiger partial charge < -0.3 is 19.5 Å². The minimum atomic E-state index is -0.789. The molecule has 176 valence electrons. The summed E-state index contributed by atoms with van der Waals surface area (Å²) in [5.41, 5.74) is 2.04. The van der Waals surface area contributed by atoms with Gasteiger partial charge in [-0.15, -0.1) is 11.3 Å². The quantitative estimate of drug-likeness (QED) is 0.276. The summed E-state index contributed by atoms with van der Waals surface area (Å²) in [5, 5.41) is 13.3. The lowest BCUT2D eigenvalue weighted by molar-refractivity contribution is -0.140. The fourth-order valence-electron chi connectivity index (χ4n) is 4.32. The topological polar surface area (TPSA) is 76.1 Å². The van der Waals surface area contributed by atoms with Gasteiger partial charge in [0.1, 0.15) is 17.3 Å². The van der Waals surface area contributed by atoms with E-state index in [4.69, 9.17) is 9.47 Å². The minimum absolute atomic E-state index is 0.0472. The van der Waals surface area contributed by atoms with E-state index in [0.717, 1.165) is 10.4 Å². The highest BCUT2D eigenvalue weighted by Crippen LogP contribution is 2.44. The molecule has 3 aromatic rings. The highest BCUT2D eigenvalue weighted by atomic mass is 32.1. The minimum Gasteiger partial charge on any atom is -0.507 e. The summed E-state index contributed by atoms with van der Waals surface area (Å²) in [6.07, 6.45) is 0. The Hall–Kier alpha value is -3.58. The average Bonchev–Trinajstić information content (AvgIpc) is 3.45. The van der Waals surface area contributed by atoms with Crippen molar-refractivity contribution >= 4 is 28.8 Å². The van der Waals surface area contributed by atoms with Crippen LogP contribution in [-0.4, -0.2) is 35.9 Å². The first-order valence-electron chi connectivity index (χ1n) is 11.0. The first-order valence-corrected chi connectivity index (χ1v) is 11.9. The van der Waals surface area contributed by atoms with Gasteiger partial charge in [-0.1, -0.05) is 38.1 Å². The average molecular weight is 478 g/mol. The van der Waals surface area contributed by atoms with E-state index in [2.05, 4.69) is 0 Å². The second-order valence-corrected chi connectivity index (χ2v) is 9.39. The molecule has 6 nitrogen and oxygen atoms in total. The maximum absolute atomic E-state index is 13.3. The zero-order valence-electron chi connectivity index (χ0n) is 19.6. The van der Waals surface area contributed by atoms with Crippen LogP contribution in [0.2, 0.25) is 0 Å². The third-order valence-corrected chi connectivity index (χ3v) is 6.87. The zero-order chi connectivity index (χ0) is 24.4. The van der Waals surface area contributed by atoms with Crippen molar-refractivity contribution in [1.29, 1.82) is 0 Å². The number of carbonyl (C=O) groups excluding carboxylic acids is 2. The number of hydrogen-bond acceptors (Lipinski definition) is 6. The lowest BCUT2D eigenvalue weighted by Crippen LogP contribution is -2.29.